The molecule has 1 radical (unpaired) electrons. The molecule has 0 saturated heterocycles. The molecule has 4 N–H and O–H groups in total. The minimum atomic E-state index is -4.86. The van der Waals surface area contributed by atoms with E-state index in [4.69, 9.17) is 5.11 Å². The first-order valence-corrected chi connectivity index (χ1v) is 10.8. The van der Waals surface area contributed by atoms with Crippen molar-refractivity contribution in [1.29, 1.82) is 0 Å². The van der Waals surface area contributed by atoms with Crippen LogP contribution in [-0.4, -0.2) is 76.9 Å². The molecule has 2 amide bonds. The predicted molar refractivity (Wildman–Crippen MR) is 126 cm³/mol. The number of aromatic nitrogens is 1. The van der Waals surface area contributed by atoms with Crippen LogP contribution < -0.4 is 20.7 Å². The summed E-state index contributed by atoms with van der Waals surface area (Å²) in [6, 6.07) is 7.30. The van der Waals surface area contributed by atoms with E-state index >= 15 is 0 Å². The summed E-state index contributed by atoms with van der Waals surface area (Å²) in [5.74, 6) is -1.90. The van der Waals surface area contributed by atoms with Crippen molar-refractivity contribution in [2.75, 3.05) is 18.4 Å². The van der Waals surface area contributed by atoms with Gasteiger partial charge >= 0.3 is 12.3 Å². The van der Waals surface area contributed by atoms with Crippen LogP contribution in [0.1, 0.15) is 42.9 Å². The number of amides is 2. The number of anilines is 1. The Balaban J connectivity index is 0.00000648. The van der Waals surface area contributed by atoms with Gasteiger partial charge in [-0.3, -0.25) is 14.4 Å². The second-order valence-electron chi connectivity index (χ2n) is 7.71. The van der Waals surface area contributed by atoms with Crippen LogP contribution in [0.2, 0.25) is 0 Å². The number of carboxylic acids is 1. The van der Waals surface area contributed by atoms with E-state index in [2.05, 4.69) is 25.7 Å². The van der Waals surface area contributed by atoms with E-state index in [1.807, 2.05) is 19.1 Å². The van der Waals surface area contributed by atoms with Crippen LogP contribution in [0.5, 0.6) is 5.75 Å². The number of rotatable bonds is 13. The maximum Gasteiger partial charge on any atom is 0.573 e. The zero-order valence-electron chi connectivity index (χ0n) is 20.0. The molecule has 191 valence electrons. The Kier molecular flexibility index (Phi) is 13.3. The van der Waals surface area contributed by atoms with Gasteiger partial charge in [0, 0.05) is 48.7 Å². The number of aliphatic carboxylic acids is 1. The molecule has 9 nitrogen and oxygen atoms in total. The van der Waals surface area contributed by atoms with Gasteiger partial charge in [-0.1, -0.05) is 12.1 Å². The molecule has 1 aromatic heterocycles. The largest absolute Gasteiger partial charge is 0.573 e. The molecular formula is C23H27F3N4NaO5. The van der Waals surface area contributed by atoms with Crippen LogP contribution in [-0.2, 0) is 14.4 Å². The number of carbonyl (C=O) groups is 3. The van der Waals surface area contributed by atoms with Crippen LogP contribution in [0, 0.1) is 6.92 Å². The fourth-order valence-corrected chi connectivity index (χ4v) is 3.10. The van der Waals surface area contributed by atoms with Crippen LogP contribution in [0.3, 0.4) is 0 Å². The third-order valence-electron chi connectivity index (χ3n) is 4.73. The van der Waals surface area contributed by atoms with E-state index in [9.17, 15) is 27.6 Å². The number of aryl methyl sites for hydroxylation is 1. The van der Waals surface area contributed by atoms with Gasteiger partial charge in [0.15, 0.2) is 0 Å². The van der Waals surface area contributed by atoms with Crippen molar-refractivity contribution in [2.45, 2.75) is 45.0 Å². The monoisotopic (exact) mass is 519 g/mol. The summed E-state index contributed by atoms with van der Waals surface area (Å²) in [7, 11) is 0. The maximum atomic E-state index is 12.3. The molecule has 0 fully saturated rings. The van der Waals surface area contributed by atoms with Gasteiger partial charge in [0.25, 0.3) is 0 Å². The first kappa shape index (κ1) is 31.2. The van der Waals surface area contributed by atoms with E-state index in [-0.39, 0.29) is 54.0 Å². The van der Waals surface area contributed by atoms with Gasteiger partial charge in [-0.2, -0.15) is 0 Å². The molecule has 0 aliphatic heterocycles. The number of halogens is 3. The number of benzene rings is 1. The molecule has 0 bridgehead atoms. The van der Waals surface area contributed by atoms with Crippen LogP contribution in [0.4, 0.5) is 19.0 Å². The van der Waals surface area contributed by atoms with Crippen molar-refractivity contribution >= 4 is 53.2 Å². The van der Waals surface area contributed by atoms with Gasteiger partial charge < -0.3 is 25.8 Å². The molecule has 2 aromatic rings. The number of alkyl halides is 3. The van der Waals surface area contributed by atoms with Crippen molar-refractivity contribution in [1.82, 2.24) is 15.6 Å². The summed E-state index contributed by atoms with van der Waals surface area (Å²) >= 11 is 0. The Morgan fingerprint density at radius 3 is 2.39 bits per heavy atom. The van der Waals surface area contributed by atoms with Crippen LogP contribution in [0.25, 0.3) is 0 Å². The summed E-state index contributed by atoms with van der Waals surface area (Å²) in [6.07, 6.45) is -2.15. The van der Waals surface area contributed by atoms with E-state index < -0.39 is 36.5 Å². The first-order valence-electron chi connectivity index (χ1n) is 10.8. The average Bonchev–Trinajstić information content (AvgIpc) is 2.76. The summed E-state index contributed by atoms with van der Waals surface area (Å²) in [5, 5.41) is 17.2. The van der Waals surface area contributed by atoms with Crippen LogP contribution >= 0.6 is 0 Å². The minimum Gasteiger partial charge on any atom is -0.481 e. The molecule has 13 heteroatoms. The number of hydrogen-bond acceptors (Lipinski definition) is 6. The molecule has 0 aliphatic rings. The first-order chi connectivity index (χ1) is 16.5. The number of nitrogens with zero attached hydrogens (tertiary/aromatic N) is 1. The fraction of sp³-hybridized carbons (Fsp3) is 0.391. The van der Waals surface area contributed by atoms with Crippen molar-refractivity contribution in [3.05, 3.63) is 53.7 Å². The third kappa shape index (κ3) is 12.8. The van der Waals surface area contributed by atoms with E-state index in [0.29, 0.717) is 19.4 Å². The van der Waals surface area contributed by atoms with Gasteiger partial charge in [0.2, 0.25) is 11.8 Å². The Labute approximate surface area is 228 Å². The molecular weight excluding hydrogens is 492 g/mol. The average molecular weight is 519 g/mol. The number of hydrogen-bond donors (Lipinski definition) is 4. The number of ether oxygens (including phenoxy) is 1. The number of nitrogens with one attached hydrogen (secondary N) is 3. The molecule has 0 saturated carbocycles. The van der Waals surface area contributed by atoms with E-state index in [0.717, 1.165) is 23.5 Å². The van der Waals surface area contributed by atoms with Crippen molar-refractivity contribution in [3.8, 4) is 5.75 Å². The van der Waals surface area contributed by atoms with Gasteiger partial charge in [-0.15, -0.1) is 13.2 Å². The van der Waals surface area contributed by atoms with Crippen molar-refractivity contribution in [2.24, 2.45) is 0 Å². The van der Waals surface area contributed by atoms with Crippen LogP contribution in [0.15, 0.2) is 42.6 Å². The molecule has 1 heterocycles. The molecule has 2 rings (SSSR count). The van der Waals surface area contributed by atoms with E-state index in [1.165, 1.54) is 12.1 Å². The Bertz CT molecular complexity index is 1010. The Morgan fingerprint density at radius 1 is 1.08 bits per heavy atom. The summed E-state index contributed by atoms with van der Waals surface area (Å²) in [6.45, 7) is 2.23. The molecule has 36 heavy (non-hydrogen) atoms. The van der Waals surface area contributed by atoms with Gasteiger partial charge in [0.05, 0.1) is 19.0 Å². The molecule has 1 atom stereocenters. The quantitative estimate of drug-likeness (QED) is 0.237. The van der Waals surface area contributed by atoms with Gasteiger partial charge in [0.1, 0.15) is 11.6 Å². The number of pyridine rings is 1. The number of carboxylic acid groups (broad SMARTS) is 1. The fourth-order valence-electron chi connectivity index (χ4n) is 3.10. The molecule has 1 aromatic carbocycles. The van der Waals surface area contributed by atoms with Crippen molar-refractivity contribution in [3.63, 3.8) is 0 Å². The van der Waals surface area contributed by atoms with E-state index in [1.54, 1.807) is 6.20 Å². The third-order valence-corrected chi connectivity index (χ3v) is 4.73. The smallest absolute Gasteiger partial charge is 0.481 e. The normalized spacial score (nSPS) is 11.6. The Hall–Kier alpha value is -2.83. The maximum absolute atomic E-state index is 12.3. The van der Waals surface area contributed by atoms with Crippen molar-refractivity contribution < 1.29 is 37.4 Å². The zero-order valence-corrected chi connectivity index (χ0v) is 22.0. The predicted octanol–water partition coefficient (Wildman–Crippen LogP) is 2.94. The molecule has 0 spiro atoms. The Morgan fingerprint density at radius 2 is 1.78 bits per heavy atom. The number of unbranched alkanes of at least 4 members (excludes halogenated alkanes) is 1. The summed E-state index contributed by atoms with van der Waals surface area (Å²) in [4.78, 5) is 39.5. The van der Waals surface area contributed by atoms with Gasteiger partial charge in [-0.25, -0.2) is 4.98 Å². The molecule has 1 unspecified atom stereocenters. The second-order valence-corrected chi connectivity index (χ2v) is 7.71. The minimum absolute atomic E-state index is 0. The number of carbonyl (C=O) groups excluding carboxylic acids is 2. The molecule has 0 aliphatic carbocycles. The van der Waals surface area contributed by atoms with Gasteiger partial charge in [-0.05, 0) is 55.2 Å². The summed E-state index contributed by atoms with van der Waals surface area (Å²) in [5.41, 5.74) is 1.36. The summed E-state index contributed by atoms with van der Waals surface area (Å²) < 4.78 is 40.7. The zero-order chi connectivity index (χ0) is 25.8. The standard InChI is InChI=1S/C23H27F3N4O5.Na/c1-15-9-11-28-19(12-15)27-10-3-2-4-20(31)29-14-21(32)30-18(13-22(33)34)16-5-7-17(8-6-16)35-23(24,25)26;/h5-9,11-12,18H,2-4,10,13-14H2,1H3,(H,27,28)(H,29,31)(H,30,32)(H,33,34);. The topological polar surface area (TPSA) is 130 Å². The SMILES string of the molecule is Cc1ccnc(NCCCCC(=O)NCC(=O)NC(CC(=O)O)c2ccc(OC(F)(F)F)cc2)c1.[Na]. The second kappa shape index (κ2) is 15.3.